The van der Waals surface area contributed by atoms with Crippen LogP contribution in [0, 0.1) is 0 Å². The monoisotopic (exact) mass is 226 g/mol. The van der Waals surface area contributed by atoms with Crippen LogP contribution in [-0.4, -0.2) is 23.8 Å². The predicted molar refractivity (Wildman–Crippen MR) is 41.0 cm³/mol. The number of carboxylic acids is 1. The minimum atomic E-state index is -1.42. The summed E-state index contributed by atoms with van der Waals surface area (Å²) < 4.78 is 0. The Morgan fingerprint density at radius 1 is 1.43 bits per heavy atom. The van der Waals surface area contributed by atoms with E-state index in [0.29, 0.717) is 0 Å². The fraction of sp³-hybridized carbons (Fsp3) is 0.571. The third kappa shape index (κ3) is 8.64. The zero-order valence-electron chi connectivity index (χ0n) is 8.20. The van der Waals surface area contributed by atoms with Gasteiger partial charge in [0.15, 0.2) is 0 Å². The quantitative estimate of drug-likeness (QED) is 0.455. The molecule has 0 fully saturated rings. The van der Waals surface area contributed by atoms with Crippen LogP contribution < -0.4 is 67.5 Å². The Morgan fingerprint density at radius 2 is 1.93 bits per heavy atom. The third-order valence-electron chi connectivity index (χ3n) is 1.34. The molecule has 2 amide bonds. The van der Waals surface area contributed by atoms with Gasteiger partial charge in [-0.2, -0.15) is 0 Å². The van der Waals surface area contributed by atoms with Crippen LogP contribution in [-0.2, 0) is 14.4 Å². The van der Waals surface area contributed by atoms with E-state index < -0.39 is 23.8 Å². The van der Waals surface area contributed by atoms with Crippen LogP contribution in [0.3, 0.4) is 0 Å². The summed E-state index contributed by atoms with van der Waals surface area (Å²) >= 11 is 0. The first-order chi connectivity index (χ1) is 5.93. The van der Waals surface area contributed by atoms with Crippen LogP contribution in [0.2, 0.25) is 0 Å². The number of aliphatic carboxylic acids is 1. The Bertz CT molecular complexity index is 232. The van der Waals surface area contributed by atoms with E-state index in [1.54, 1.807) is 0 Å². The summed E-state index contributed by atoms with van der Waals surface area (Å²) in [6, 6.07) is -1.15. The van der Waals surface area contributed by atoms with E-state index in [9.17, 15) is 19.5 Å². The Balaban J connectivity index is 0. The second kappa shape index (κ2) is 8.36. The summed E-state index contributed by atoms with van der Waals surface area (Å²) in [7, 11) is 0. The van der Waals surface area contributed by atoms with E-state index in [1.807, 2.05) is 0 Å². The molecule has 0 rings (SSSR count). The number of primary amides is 1. The van der Waals surface area contributed by atoms with E-state index in [2.05, 4.69) is 5.32 Å². The molecule has 0 aromatic heterocycles. The molecule has 74 valence electrons. The van der Waals surface area contributed by atoms with Crippen LogP contribution >= 0.6 is 0 Å². The van der Waals surface area contributed by atoms with Crippen molar-refractivity contribution in [2.75, 3.05) is 0 Å². The van der Waals surface area contributed by atoms with Crippen molar-refractivity contribution in [2.45, 2.75) is 25.8 Å². The van der Waals surface area contributed by atoms with E-state index >= 15 is 0 Å². The Labute approximate surface area is 124 Å². The zero-order valence-corrected chi connectivity index (χ0v) is 11.3. The van der Waals surface area contributed by atoms with Gasteiger partial charge in [-0.25, -0.2) is 0 Å². The predicted octanol–water partition coefficient (Wildman–Crippen LogP) is -5.49. The van der Waals surface area contributed by atoms with Gasteiger partial charge in [0.1, 0.15) is 0 Å². The molecule has 14 heavy (non-hydrogen) atoms. The topological polar surface area (TPSA) is 112 Å². The fourth-order valence-electron chi connectivity index (χ4n) is 0.781. The van der Waals surface area contributed by atoms with Gasteiger partial charge in [0, 0.05) is 13.3 Å². The van der Waals surface area contributed by atoms with E-state index in [1.165, 1.54) is 6.92 Å². The van der Waals surface area contributed by atoms with Crippen LogP contribution in [0.15, 0.2) is 0 Å². The van der Waals surface area contributed by atoms with Crippen LogP contribution in [0.25, 0.3) is 0 Å². The van der Waals surface area contributed by atoms with Gasteiger partial charge in [0.2, 0.25) is 11.8 Å². The molecule has 0 bridgehead atoms. The van der Waals surface area contributed by atoms with Gasteiger partial charge in [-0.3, -0.25) is 9.59 Å². The van der Waals surface area contributed by atoms with Gasteiger partial charge in [0.05, 0.1) is 12.0 Å². The maximum atomic E-state index is 10.5. The number of rotatable bonds is 5. The van der Waals surface area contributed by atoms with Gasteiger partial charge < -0.3 is 21.0 Å². The Hall–Kier alpha value is 0.0464. The third-order valence-corrected chi connectivity index (χ3v) is 1.34. The summed E-state index contributed by atoms with van der Waals surface area (Å²) in [4.78, 5) is 31.2. The summed E-state index contributed by atoms with van der Waals surface area (Å²) in [5, 5.41) is 12.5. The molecule has 6 nitrogen and oxygen atoms in total. The number of nitrogens with one attached hydrogen (secondary N) is 1. The van der Waals surface area contributed by atoms with Crippen molar-refractivity contribution in [2.24, 2.45) is 5.73 Å². The molecule has 0 unspecified atom stereocenters. The van der Waals surface area contributed by atoms with E-state index in [0.717, 1.165) is 0 Å². The maximum Gasteiger partial charge on any atom is 1.00 e. The molecule has 0 spiro atoms. The molecule has 0 heterocycles. The maximum absolute atomic E-state index is 10.5. The summed E-state index contributed by atoms with van der Waals surface area (Å²) in [5.41, 5.74) is 4.81. The average molecular weight is 226 g/mol. The molecule has 0 aliphatic carbocycles. The minimum Gasteiger partial charge on any atom is -0.548 e. The van der Waals surface area contributed by atoms with Crippen LogP contribution in [0.5, 0.6) is 0 Å². The minimum absolute atomic E-state index is 0. The molecule has 3 N–H and O–H groups in total. The second-order valence-corrected chi connectivity index (χ2v) is 2.58. The molecule has 0 aromatic rings. The first kappa shape index (κ1) is 16.5. The molecule has 0 aliphatic heterocycles. The number of carboxylic acid groups (broad SMARTS) is 1. The summed E-state index contributed by atoms with van der Waals surface area (Å²) in [5.74, 6) is -2.52. The van der Waals surface area contributed by atoms with Crippen LogP contribution in [0.1, 0.15) is 19.8 Å². The van der Waals surface area contributed by atoms with Gasteiger partial charge in [-0.1, -0.05) is 0 Å². The van der Waals surface area contributed by atoms with Gasteiger partial charge in [-0.05, 0) is 6.42 Å². The van der Waals surface area contributed by atoms with Gasteiger partial charge in [-0.15, -0.1) is 0 Å². The molecule has 0 radical (unpaired) electrons. The smallest absolute Gasteiger partial charge is 0.548 e. The normalized spacial score (nSPS) is 10.9. The van der Waals surface area contributed by atoms with Crippen molar-refractivity contribution in [1.29, 1.82) is 0 Å². The Morgan fingerprint density at radius 3 is 2.21 bits per heavy atom. The standard InChI is InChI=1S/C7H12N2O4.K/c1-4(10)9-5(7(12)13)2-3-6(8)11;/h5H,2-3H2,1H3,(H2,8,11)(H,9,10)(H,12,13);/q;+1/p-1/t5-;/m0./s1. The average Bonchev–Trinajstić information content (AvgIpc) is 1.96. The number of hydrogen-bond donors (Lipinski definition) is 2. The molecule has 0 saturated carbocycles. The molecule has 0 aromatic carbocycles. The second-order valence-electron chi connectivity index (χ2n) is 2.58. The number of carbonyl (C=O) groups is 3. The molecule has 7 heteroatoms. The Kier molecular flexibility index (Phi) is 9.84. The number of amides is 2. The molecule has 0 aliphatic rings. The van der Waals surface area contributed by atoms with Crippen molar-refractivity contribution in [3.63, 3.8) is 0 Å². The molecular formula is C7H11KN2O4. The molecule has 1 atom stereocenters. The van der Waals surface area contributed by atoms with Crippen molar-refractivity contribution in [3.8, 4) is 0 Å². The van der Waals surface area contributed by atoms with Gasteiger partial charge in [0.25, 0.3) is 0 Å². The molecular weight excluding hydrogens is 215 g/mol. The van der Waals surface area contributed by atoms with Crippen molar-refractivity contribution >= 4 is 17.8 Å². The first-order valence-electron chi connectivity index (χ1n) is 3.69. The number of carbonyl (C=O) groups excluding carboxylic acids is 3. The number of nitrogens with two attached hydrogens (primary N) is 1. The fourth-order valence-corrected chi connectivity index (χ4v) is 0.781. The zero-order chi connectivity index (χ0) is 10.4. The van der Waals surface area contributed by atoms with E-state index in [4.69, 9.17) is 5.73 Å². The molecule has 0 saturated heterocycles. The first-order valence-corrected chi connectivity index (χ1v) is 3.69. The number of hydrogen-bond acceptors (Lipinski definition) is 4. The van der Waals surface area contributed by atoms with Crippen molar-refractivity contribution in [1.82, 2.24) is 5.32 Å². The SMILES string of the molecule is CC(=O)N[C@@H](CCC(N)=O)C(=O)[O-].[K+]. The summed E-state index contributed by atoms with van der Waals surface area (Å²) in [6.07, 6.45) is -0.143. The summed E-state index contributed by atoms with van der Waals surface area (Å²) in [6.45, 7) is 1.18. The van der Waals surface area contributed by atoms with Crippen molar-refractivity contribution in [3.05, 3.63) is 0 Å². The van der Waals surface area contributed by atoms with E-state index in [-0.39, 0.29) is 64.2 Å². The van der Waals surface area contributed by atoms with Gasteiger partial charge >= 0.3 is 51.4 Å². The van der Waals surface area contributed by atoms with Crippen molar-refractivity contribution < 1.29 is 70.9 Å². The van der Waals surface area contributed by atoms with Crippen LogP contribution in [0.4, 0.5) is 0 Å². The largest absolute Gasteiger partial charge is 1.00 e.